The van der Waals surface area contributed by atoms with Crippen LogP contribution in [0.1, 0.15) is 79.0 Å². The molecule has 8 heteroatoms. The van der Waals surface area contributed by atoms with Crippen LogP contribution in [0.2, 0.25) is 0 Å². The van der Waals surface area contributed by atoms with Gasteiger partial charge in [0, 0.05) is 24.2 Å². The number of aryl methyl sites for hydroxylation is 2. The fourth-order valence-electron chi connectivity index (χ4n) is 7.09. The standard InChI is InChI=1S/C36H43N3O5/c1-22-17-23(2)19-28(18-22)34-24(3)39(36(41)44-34)21-31-29(12-14-33(37-31)38-15-6-16-38)30-20-27(11-13-32(30)42-4)25-7-9-26(10-8-25)35(40)43-5/h11-14,17-20,24-26,34H,6-10,15-16,21H2,1-5H3/t24-,25?,26?,34-/m0/s1. The molecule has 0 unspecified atom stereocenters. The van der Waals surface area contributed by atoms with Crippen molar-refractivity contribution in [1.29, 1.82) is 0 Å². The van der Waals surface area contributed by atoms with Gasteiger partial charge in [-0.05, 0) is 94.2 Å². The van der Waals surface area contributed by atoms with Gasteiger partial charge in [0.05, 0.1) is 38.4 Å². The predicted octanol–water partition coefficient (Wildman–Crippen LogP) is 7.11. The Morgan fingerprint density at radius 2 is 1.66 bits per heavy atom. The number of anilines is 1. The molecule has 3 heterocycles. The summed E-state index contributed by atoms with van der Waals surface area (Å²) in [6.45, 7) is 8.48. The van der Waals surface area contributed by atoms with Crippen LogP contribution in [0.3, 0.4) is 0 Å². The maximum absolute atomic E-state index is 13.4. The minimum Gasteiger partial charge on any atom is -0.496 e. The van der Waals surface area contributed by atoms with Crippen molar-refractivity contribution in [3.63, 3.8) is 0 Å². The Hall–Kier alpha value is -4.07. The summed E-state index contributed by atoms with van der Waals surface area (Å²) >= 11 is 0. The van der Waals surface area contributed by atoms with Gasteiger partial charge in [-0.3, -0.25) is 9.69 Å². The van der Waals surface area contributed by atoms with Gasteiger partial charge in [0.15, 0.2) is 0 Å². The molecule has 232 valence electrons. The molecule has 3 aromatic rings. The molecule has 0 bridgehead atoms. The van der Waals surface area contributed by atoms with Crippen molar-refractivity contribution in [3.05, 3.63) is 76.5 Å². The van der Waals surface area contributed by atoms with Crippen molar-refractivity contribution in [2.75, 3.05) is 32.2 Å². The Morgan fingerprint density at radius 1 is 0.932 bits per heavy atom. The molecule has 1 saturated carbocycles. The molecule has 8 nitrogen and oxygen atoms in total. The molecule has 0 spiro atoms. The number of hydrogen-bond acceptors (Lipinski definition) is 7. The van der Waals surface area contributed by atoms with Gasteiger partial charge >= 0.3 is 12.1 Å². The Balaban J connectivity index is 1.33. The lowest BCUT2D eigenvalue weighted by Gasteiger charge is -2.33. The van der Waals surface area contributed by atoms with E-state index in [0.29, 0.717) is 12.5 Å². The molecule has 6 rings (SSSR count). The summed E-state index contributed by atoms with van der Waals surface area (Å²) in [5, 5.41) is 0. The molecule has 1 amide bonds. The number of aromatic nitrogens is 1. The number of carbonyl (C=O) groups is 2. The van der Waals surface area contributed by atoms with Crippen molar-refractivity contribution >= 4 is 17.9 Å². The minimum atomic E-state index is -0.346. The predicted molar refractivity (Wildman–Crippen MR) is 170 cm³/mol. The molecule has 0 radical (unpaired) electrons. The molecule has 2 aromatic carbocycles. The zero-order valence-corrected chi connectivity index (χ0v) is 26.5. The zero-order chi connectivity index (χ0) is 31.0. The second-order valence-electron chi connectivity index (χ2n) is 12.6. The number of esters is 1. The third-order valence-corrected chi connectivity index (χ3v) is 9.67. The molecule has 1 aromatic heterocycles. The van der Waals surface area contributed by atoms with E-state index in [1.54, 1.807) is 12.0 Å². The number of nitrogens with zero attached hydrogens (tertiary/aromatic N) is 3. The molecular formula is C36H43N3O5. The molecule has 0 N–H and O–H groups in total. The van der Waals surface area contributed by atoms with Crippen LogP contribution < -0.4 is 9.64 Å². The number of pyridine rings is 1. The third kappa shape index (κ3) is 5.86. The van der Waals surface area contributed by atoms with Crippen molar-refractivity contribution < 1.29 is 23.8 Å². The quantitative estimate of drug-likeness (QED) is 0.256. The second-order valence-corrected chi connectivity index (χ2v) is 12.6. The van der Waals surface area contributed by atoms with Gasteiger partial charge in [-0.2, -0.15) is 0 Å². The van der Waals surface area contributed by atoms with Crippen LogP contribution >= 0.6 is 0 Å². The van der Waals surface area contributed by atoms with Crippen LogP contribution in [0, 0.1) is 19.8 Å². The van der Waals surface area contributed by atoms with E-state index in [0.717, 1.165) is 90.3 Å². The number of rotatable bonds is 8. The highest BCUT2D eigenvalue weighted by atomic mass is 16.6. The van der Waals surface area contributed by atoms with Gasteiger partial charge in [0.1, 0.15) is 17.7 Å². The number of carbonyl (C=O) groups excluding carboxylic acids is 2. The number of cyclic esters (lactones) is 1. The van der Waals surface area contributed by atoms with Crippen LogP contribution in [0.15, 0.2) is 48.5 Å². The number of methoxy groups -OCH3 is 2. The van der Waals surface area contributed by atoms with Crippen LogP contribution in [-0.4, -0.2) is 55.3 Å². The van der Waals surface area contributed by atoms with E-state index in [2.05, 4.69) is 68.1 Å². The first-order valence-electron chi connectivity index (χ1n) is 15.8. The average molecular weight is 598 g/mol. The van der Waals surface area contributed by atoms with Crippen LogP contribution in [0.5, 0.6) is 5.75 Å². The number of ether oxygens (including phenoxy) is 3. The van der Waals surface area contributed by atoms with Gasteiger partial charge in [-0.25, -0.2) is 9.78 Å². The Labute approximate surface area is 260 Å². The van der Waals surface area contributed by atoms with E-state index in [4.69, 9.17) is 19.2 Å². The van der Waals surface area contributed by atoms with Crippen LogP contribution in [-0.2, 0) is 20.8 Å². The summed E-state index contributed by atoms with van der Waals surface area (Å²) in [6, 6.07) is 16.8. The first-order chi connectivity index (χ1) is 21.2. The summed E-state index contributed by atoms with van der Waals surface area (Å²) in [7, 11) is 3.16. The number of hydrogen-bond donors (Lipinski definition) is 0. The summed E-state index contributed by atoms with van der Waals surface area (Å²) < 4.78 is 16.9. The average Bonchev–Trinajstić information content (AvgIpc) is 3.28. The topological polar surface area (TPSA) is 81.2 Å². The Morgan fingerprint density at radius 3 is 2.30 bits per heavy atom. The minimum absolute atomic E-state index is 0.0198. The fraction of sp³-hybridized carbons (Fsp3) is 0.472. The molecule has 3 fully saturated rings. The molecule has 2 saturated heterocycles. The lowest BCUT2D eigenvalue weighted by molar-refractivity contribution is -0.146. The normalized spacial score (nSPS) is 23.2. The number of benzene rings is 2. The highest BCUT2D eigenvalue weighted by molar-refractivity contribution is 5.76. The van der Waals surface area contributed by atoms with Crippen LogP contribution in [0.4, 0.5) is 10.6 Å². The van der Waals surface area contributed by atoms with Crippen molar-refractivity contribution in [1.82, 2.24) is 9.88 Å². The first-order valence-corrected chi connectivity index (χ1v) is 15.8. The van der Waals surface area contributed by atoms with Crippen molar-refractivity contribution in [2.45, 2.75) is 77.5 Å². The third-order valence-electron chi connectivity index (χ3n) is 9.67. The smallest absolute Gasteiger partial charge is 0.411 e. The summed E-state index contributed by atoms with van der Waals surface area (Å²) in [6.07, 6.45) is 4.00. The van der Waals surface area contributed by atoms with Gasteiger partial charge in [0.25, 0.3) is 0 Å². The molecule has 2 aliphatic heterocycles. The van der Waals surface area contributed by atoms with Gasteiger partial charge < -0.3 is 19.1 Å². The monoisotopic (exact) mass is 597 g/mol. The molecule has 2 atom stereocenters. The van der Waals surface area contributed by atoms with E-state index in [9.17, 15) is 9.59 Å². The molecule has 1 aliphatic carbocycles. The summed E-state index contributed by atoms with van der Waals surface area (Å²) in [5.41, 5.74) is 7.28. The van der Waals surface area contributed by atoms with E-state index in [1.165, 1.54) is 12.7 Å². The summed E-state index contributed by atoms with van der Waals surface area (Å²) in [4.78, 5) is 34.7. The Kier molecular flexibility index (Phi) is 8.52. The highest BCUT2D eigenvalue weighted by Gasteiger charge is 2.40. The van der Waals surface area contributed by atoms with Crippen molar-refractivity contribution in [3.8, 4) is 16.9 Å². The maximum atomic E-state index is 13.4. The molecule has 3 aliphatic rings. The van der Waals surface area contributed by atoms with E-state index in [-0.39, 0.29) is 30.1 Å². The SMILES string of the molecule is COC(=O)C1CCC(c2ccc(OC)c(-c3ccc(N4CCC4)nc3CN3C(=O)O[C@H](c4cc(C)cc(C)c4)[C@@H]3C)c2)CC1. The van der Waals surface area contributed by atoms with E-state index >= 15 is 0 Å². The fourth-order valence-corrected chi connectivity index (χ4v) is 7.09. The molecular weight excluding hydrogens is 554 g/mol. The Bertz CT molecular complexity index is 1520. The number of amides is 1. The maximum Gasteiger partial charge on any atom is 0.411 e. The van der Waals surface area contributed by atoms with Crippen LogP contribution in [0.25, 0.3) is 11.1 Å². The van der Waals surface area contributed by atoms with Crippen molar-refractivity contribution in [2.24, 2.45) is 5.92 Å². The lowest BCUT2D eigenvalue weighted by atomic mass is 9.78. The molecule has 44 heavy (non-hydrogen) atoms. The zero-order valence-electron chi connectivity index (χ0n) is 26.5. The largest absolute Gasteiger partial charge is 0.496 e. The van der Waals surface area contributed by atoms with Gasteiger partial charge in [0.2, 0.25) is 0 Å². The van der Waals surface area contributed by atoms with E-state index in [1.807, 2.05) is 6.07 Å². The summed E-state index contributed by atoms with van der Waals surface area (Å²) in [5.74, 6) is 1.92. The van der Waals surface area contributed by atoms with E-state index < -0.39 is 0 Å². The first kappa shape index (κ1) is 30.0. The lowest BCUT2D eigenvalue weighted by Crippen LogP contribution is -2.38. The van der Waals surface area contributed by atoms with Gasteiger partial charge in [-0.15, -0.1) is 0 Å². The van der Waals surface area contributed by atoms with Gasteiger partial charge in [-0.1, -0.05) is 35.4 Å². The second kappa shape index (κ2) is 12.5. The highest BCUT2D eigenvalue weighted by Crippen LogP contribution is 2.42.